The van der Waals surface area contributed by atoms with Crippen molar-refractivity contribution in [1.82, 2.24) is 20.0 Å². The number of nitrogens with one attached hydrogen (secondary N) is 1. The number of H-pyrrole nitrogens is 1. The number of aromatic nitrogens is 2. The van der Waals surface area contributed by atoms with Crippen molar-refractivity contribution in [1.29, 1.82) is 0 Å². The Bertz CT molecular complexity index is 1800. The SMILES string of the molecule is CCOC1C(COC(C)=O)OC(Oc2n[nH]c(C(C)C)c2Cc2ccc(C=CCCN3CC4(CCN(C(=O)OC(C)(C)C)CC4)C3)cc2C)C(OC(C)=O)C1OC(C)=O. The number of amides is 1. The van der Waals surface area contributed by atoms with E-state index < -0.39 is 54.2 Å². The molecule has 15 heteroatoms. The lowest BCUT2D eigenvalue weighted by Crippen LogP contribution is -2.63. The van der Waals surface area contributed by atoms with E-state index in [0.29, 0.717) is 11.8 Å². The van der Waals surface area contributed by atoms with E-state index in [1.165, 1.54) is 20.8 Å². The first-order valence-corrected chi connectivity index (χ1v) is 20.8. The van der Waals surface area contributed by atoms with Gasteiger partial charge in [0.15, 0.2) is 6.10 Å². The number of aryl methyl sites for hydroxylation is 1. The third-order valence-corrected chi connectivity index (χ3v) is 10.9. The quantitative estimate of drug-likeness (QED) is 0.162. The number of ether oxygens (including phenoxy) is 7. The van der Waals surface area contributed by atoms with Crippen LogP contribution in [0.4, 0.5) is 4.79 Å². The van der Waals surface area contributed by atoms with Crippen LogP contribution < -0.4 is 4.74 Å². The first-order valence-electron chi connectivity index (χ1n) is 20.8. The fourth-order valence-electron chi connectivity index (χ4n) is 8.12. The summed E-state index contributed by atoms with van der Waals surface area (Å²) in [6.07, 6.45) is 2.12. The van der Waals surface area contributed by atoms with Gasteiger partial charge in [0.05, 0.1) is 0 Å². The van der Waals surface area contributed by atoms with Gasteiger partial charge < -0.3 is 43.0 Å². The van der Waals surface area contributed by atoms with E-state index in [9.17, 15) is 19.2 Å². The number of likely N-dealkylation sites (tertiary alicyclic amines) is 2. The van der Waals surface area contributed by atoms with Crippen molar-refractivity contribution in [3.8, 4) is 5.88 Å². The van der Waals surface area contributed by atoms with E-state index in [1.54, 1.807) is 6.92 Å². The number of carbonyl (C=O) groups excluding carboxylic acids is 4. The van der Waals surface area contributed by atoms with Crippen LogP contribution in [0, 0.1) is 12.3 Å². The Balaban J connectivity index is 1.23. The van der Waals surface area contributed by atoms with Gasteiger partial charge in [-0.05, 0) is 81.9 Å². The van der Waals surface area contributed by atoms with Crippen LogP contribution in [0.25, 0.3) is 6.08 Å². The molecule has 326 valence electrons. The molecule has 1 aromatic heterocycles. The highest BCUT2D eigenvalue weighted by Crippen LogP contribution is 2.41. The maximum absolute atomic E-state index is 12.5. The van der Waals surface area contributed by atoms with E-state index in [1.807, 2.05) is 39.5 Å². The van der Waals surface area contributed by atoms with E-state index >= 15 is 0 Å². The Morgan fingerprint density at radius 1 is 1.00 bits per heavy atom. The zero-order chi connectivity index (χ0) is 43.1. The minimum absolute atomic E-state index is 0.0630. The summed E-state index contributed by atoms with van der Waals surface area (Å²) in [5.74, 6) is -1.50. The molecule has 59 heavy (non-hydrogen) atoms. The lowest BCUT2D eigenvalue weighted by molar-refractivity contribution is -0.293. The molecule has 0 radical (unpaired) electrons. The number of rotatable bonds is 15. The van der Waals surface area contributed by atoms with Gasteiger partial charge in [-0.3, -0.25) is 19.5 Å². The number of aromatic amines is 1. The van der Waals surface area contributed by atoms with Gasteiger partial charge in [-0.1, -0.05) is 44.2 Å². The van der Waals surface area contributed by atoms with Gasteiger partial charge in [0.25, 0.3) is 0 Å². The molecular formula is C44H64N4O11. The average Bonchev–Trinajstić information content (AvgIpc) is 3.53. The molecule has 0 aliphatic carbocycles. The number of esters is 3. The van der Waals surface area contributed by atoms with E-state index in [2.05, 4.69) is 52.4 Å². The van der Waals surface area contributed by atoms with Crippen LogP contribution in [-0.4, -0.2) is 126 Å². The van der Waals surface area contributed by atoms with Crippen molar-refractivity contribution in [2.45, 2.75) is 137 Å². The number of benzene rings is 1. The summed E-state index contributed by atoms with van der Waals surface area (Å²) in [5, 5.41) is 7.65. The molecule has 1 spiro atoms. The van der Waals surface area contributed by atoms with Crippen LogP contribution in [0.3, 0.4) is 0 Å². The molecule has 0 bridgehead atoms. The highest BCUT2D eigenvalue weighted by molar-refractivity contribution is 5.68. The molecule has 5 rings (SSSR count). The van der Waals surface area contributed by atoms with Crippen LogP contribution in [0.1, 0.15) is 115 Å². The molecule has 3 fully saturated rings. The largest absolute Gasteiger partial charge is 0.463 e. The fourth-order valence-corrected chi connectivity index (χ4v) is 8.12. The molecule has 5 atom stereocenters. The van der Waals surface area contributed by atoms with Gasteiger partial charge >= 0.3 is 24.0 Å². The summed E-state index contributed by atoms with van der Waals surface area (Å²) in [5.41, 5.74) is 4.77. The summed E-state index contributed by atoms with van der Waals surface area (Å²) >= 11 is 0. The maximum atomic E-state index is 12.5. The van der Waals surface area contributed by atoms with Gasteiger partial charge in [0, 0.05) is 77.8 Å². The molecule has 2 aromatic rings. The molecule has 1 amide bonds. The Kier molecular flexibility index (Phi) is 15.3. The lowest BCUT2D eigenvalue weighted by Gasteiger charge is -2.54. The van der Waals surface area contributed by atoms with Crippen molar-refractivity contribution >= 4 is 30.1 Å². The van der Waals surface area contributed by atoms with Crippen LogP contribution in [0.15, 0.2) is 24.3 Å². The number of hydrogen-bond acceptors (Lipinski definition) is 13. The van der Waals surface area contributed by atoms with Crippen LogP contribution in [0.5, 0.6) is 5.88 Å². The summed E-state index contributed by atoms with van der Waals surface area (Å²) in [4.78, 5) is 53.3. The third kappa shape index (κ3) is 12.3. The zero-order valence-electron chi connectivity index (χ0n) is 36.5. The third-order valence-electron chi connectivity index (χ3n) is 10.9. The maximum Gasteiger partial charge on any atom is 0.410 e. The number of hydrogen-bond donors (Lipinski definition) is 1. The molecule has 15 nitrogen and oxygen atoms in total. The molecule has 3 aliphatic rings. The van der Waals surface area contributed by atoms with E-state index in [0.717, 1.165) is 79.9 Å². The molecule has 4 heterocycles. The van der Waals surface area contributed by atoms with Crippen LogP contribution in [-0.2, 0) is 49.2 Å². The topological polar surface area (TPSA) is 168 Å². The average molecular weight is 825 g/mol. The van der Waals surface area contributed by atoms with Crippen molar-refractivity contribution in [3.63, 3.8) is 0 Å². The summed E-state index contributed by atoms with van der Waals surface area (Å²) < 4.78 is 40.9. The molecule has 3 saturated heterocycles. The predicted octanol–water partition coefficient (Wildman–Crippen LogP) is 6.10. The van der Waals surface area contributed by atoms with E-state index in [4.69, 9.17) is 33.2 Å². The first-order chi connectivity index (χ1) is 27.9. The monoisotopic (exact) mass is 824 g/mol. The van der Waals surface area contributed by atoms with Gasteiger partial charge in [-0.2, -0.15) is 0 Å². The summed E-state index contributed by atoms with van der Waals surface area (Å²) in [6.45, 7) is 22.0. The zero-order valence-corrected chi connectivity index (χ0v) is 36.5. The molecule has 1 N–H and O–H groups in total. The minimum Gasteiger partial charge on any atom is -0.463 e. The molecule has 3 aliphatic heterocycles. The molecule has 5 unspecified atom stereocenters. The van der Waals surface area contributed by atoms with Crippen LogP contribution in [0.2, 0.25) is 0 Å². The van der Waals surface area contributed by atoms with Crippen molar-refractivity contribution < 1.29 is 52.3 Å². The lowest BCUT2D eigenvalue weighted by atomic mass is 9.72. The van der Waals surface area contributed by atoms with Crippen LogP contribution >= 0.6 is 0 Å². The van der Waals surface area contributed by atoms with E-state index in [-0.39, 0.29) is 31.1 Å². The molecular weight excluding hydrogens is 761 g/mol. The minimum atomic E-state index is -1.30. The second kappa shape index (κ2) is 19.7. The Morgan fingerprint density at radius 3 is 2.27 bits per heavy atom. The highest BCUT2D eigenvalue weighted by Gasteiger charge is 2.52. The first kappa shape index (κ1) is 45.6. The second-order valence-corrected chi connectivity index (χ2v) is 17.3. The summed E-state index contributed by atoms with van der Waals surface area (Å²) in [7, 11) is 0. The smallest absolute Gasteiger partial charge is 0.410 e. The van der Waals surface area contributed by atoms with Crippen molar-refractivity contribution in [2.75, 3.05) is 45.9 Å². The Labute approximate surface area is 348 Å². The highest BCUT2D eigenvalue weighted by atomic mass is 16.7. The number of piperidine rings is 1. The Morgan fingerprint density at radius 2 is 1.68 bits per heavy atom. The van der Waals surface area contributed by atoms with Crippen molar-refractivity contribution in [3.05, 3.63) is 52.2 Å². The predicted molar refractivity (Wildman–Crippen MR) is 219 cm³/mol. The number of nitrogens with zero attached hydrogens (tertiary/aromatic N) is 3. The standard InChI is InChI=1S/C44H64N4O11/c1-11-53-37-35(24-54-29(5)49)57-41(39(56-31(7)51)38(37)55-30(6)50)58-40-34(36(27(2)3)45-46-40)23-33-16-15-32(22-28(33)4)14-12-13-19-47-25-44(26-47)17-20-48(21-18-44)42(52)59-43(8,9)10/h12,14-16,22,27,35,37-39,41H,11,13,17-21,23-26H2,1-10H3,(H,45,46). The number of carbonyl (C=O) groups is 4. The van der Waals surface area contributed by atoms with Gasteiger partial charge in [-0.25, -0.2) is 4.79 Å². The second-order valence-electron chi connectivity index (χ2n) is 17.3. The molecule has 0 saturated carbocycles. The van der Waals surface area contributed by atoms with Gasteiger partial charge in [0.2, 0.25) is 18.3 Å². The molecule has 1 aromatic carbocycles. The van der Waals surface area contributed by atoms with Crippen molar-refractivity contribution in [2.24, 2.45) is 5.41 Å². The summed E-state index contributed by atoms with van der Waals surface area (Å²) in [6, 6.07) is 6.37. The van der Waals surface area contributed by atoms with Gasteiger partial charge in [0.1, 0.15) is 24.4 Å². The fraction of sp³-hybridized carbons (Fsp3) is 0.659. The Hall–Kier alpha value is -4.47. The van der Waals surface area contributed by atoms with Gasteiger partial charge in [-0.15, -0.1) is 5.10 Å². The normalized spacial score (nSPS) is 23.2.